The first-order valence-corrected chi connectivity index (χ1v) is 10.4. The second-order valence-corrected chi connectivity index (χ2v) is 7.97. The van der Waals surface area contributed by atoms with E-state index in [0.717, 1.165) is 28.4 Å². The van der Waals surface area contributed by atoms with Crippen LogP contribution in [-0.4, -0.2) is 68.8 Å². The molecule has 0 bridgehead atoms. The number of Topliss-reactive ketones (excluding diaryl/α,β-unsaturated/α-hetero) is 1. The third-order valence-electron chi connectivity index (χ3n) is 5.80. The highest BCUT2D eigenvalue weighted by atomic mass is 35.5. The van der Waals surface area contributed by atoms with E-state index in [9.17, 15) is 29.1 Å². The molecule has 1 saturated carbocycles. The molecular weight excluding hydrogens is 472 g/mol. The summed E-state index contributed by atoms with van der Waals surface area (Å²) in [7, 11) is 4.03. The topological polar surface area (TPSA) is 142 Å². The van der Waals surface area contributed by atoms with E-state index in [4.69, 9.17) is 21.1 Å². The number of ether oxygens (including phenoxy) is 4. The maximum Gasteiger partial charge on any atom is 0.319 e. The van der Waals surface area contributed by atoms with Gasteiger partial charge < -0.3 is 24.1 Å². The number of halogens is 1. The van der Waals surface area contributed by atoms with Crippen LogP contribution in [0.1, 0.15) is 12.0 Å². The maximum absolute atomic E-state index is 13.4. The van der Waals surface area contributed by atoms with Crippen molar-refractivity contribution in [2.24, 2.45) is 23.7 Å². The molecule has 1 N–H and O–H groups in total. The Hall–Kier alpha value is -3.24. The summed E-state index contributed by atoms with van der Waals surface area (Å²) >= 11 is 6.18. The van der Waals surface area contributed by atoms with Crippen molar-refractivity contribution in [3.8, 4) is 0 Å². The predicted octanol–water partition coefficient (Wildman–Crippen LogP) is 1.21. The Morgan fingerprint density at radius 2 is 1.56 bits per heavy atom. The van der Waals surface area contributed by atoms with Crippen molar-refractivity contribution < 1.29 is 48.0 Å². The Morgan fingerprint density at radius 1 is 0.971 bits per heavy atom. The average Bonchev–Trinajstić information content (AvgIpc) is 2.82. The van der Waals surface area contributed by atoms with Crippen molar-refractivity contribution in [3.05, 3.63) is 40.9 Å². The smallest absolute Gasteiger partial charge is 0.319 e. The second kappa shape index (κ2) is 11.3. The van der Waals surface area contributed by atoms with Crippen LogP contribution in [0.2, 0.25) is 5.02 Å². The highest BCUT2D eigenvalue weighted by Crippen LogP contribution is 2.47. The molecule has 5 atom stereocenters. The highest BCUT2D eigenvalue weighted by molar-refractivity contribution is 6.32. The molecule has 2 rings (SSSR count). The number of benzene rings is 1. The van der Waals surface area contributed by atoms with Gasteiger partial charge in [0, 0.05) is 10.9 Å². The quantitative estimate of drug-likeness (QED) is 0.332. The van der Waals surface area contributed by atoms with Crippen molar-refractivity contribution in [2.75, 3.05) is 28.4 Å². The van der Waals surface area contributed by atoms with Crippen LogP contribution in [0.3, 0.4) is 0 Å². The summed E-state index contributed by atoms with van der Waals surface area (Å²) in [5, 5.41) is 12.0. The Bertz CT molecular complexity index is 1000. The third kappa shape index (κ3) is 5.13. The fourth-order valence-corrected chi connectivity index (χ4v) is 4.41. The molecule has 1 aliphatic rings. The van der Waals surface area contributed by atoms with Gasteiger partial charge in [-0.05, 0) is 11.6 Å². The molecule has 11 heteroatoms. The summed E-state index contributed by atoms with van der Waals surface area (Å²) in [6.45, 7) is 0. The molecule has 10 nitrogen and oxygen atoms in total. The zero-order valence-corrected chi connectivity index (χ0v) is 19.7. The minimum absolute atomic E-state index is 0.336. The van der Waals surface area contributed by atoms with E-state index in [1.807, 2.05) is 0 Å². The van der Waals surface area contributed by atoms with Gasteiger partial charge in [0.25, 0.3) is 0 Å². The van der Waals surface area contributed by atoms with Crippen LogP contribution in [0, 0.1) is 23.7 Å². The van der Waals surface area contributed by atoms with Gasteiger partial charge >= 0.3 is 23.9 Å². The molecule has 1 aliphatic carbocycles. The average molecular weight is 497 g/mol. The van der Waals surface area contributed by atoms with Gasteiger partial charge in [-0.3, -0.25) is 24.0 Å². The van der Waals surface area contributed by atoms with Gasteiger partial charge in [0.1, 0.15) is 17.4 Å². The maximum atomic E-state index is 13.4. The van der Waals surface area contributed by atoms with Crippen molar-refractivity contribution in [1.82, 2.24) is 0 Å². The lowest BCUT2D eigenvalue weighted by Crippen LogP contribution is -2.65. The van der Waals surface area contributed by atoms with Crippen LogP contribution in [0.15, 0.2) is 30.3 Å². The molecule has 0 saturated heterocycles. The van der Waals surface area contributed by atoms with Crippen LogP contribution in [0.25, 0.3) is 6.08 Å². The largest absolute Gasteiger partial charge is 0.469 e. The standard InChI is InChI=1S/C23H25ClO10/c1-31-15(25)11-23(30)17(21(28)33-3)13(10-9-12-7-5-6-8-14(12)24)16(20(27)32-2)19(26)18(23)22(29)34-4/h5-10,13,16-18,30H,11H2,1-4H3/b10-9+/t13-,16-,17-,18+,23+/m0/s1. The van der Waals surface area contributed by atoms with Crippen LogP contribution in [0.4, 0.5) is 0 Å². The Balaban J connectivity index is 2.80. The lowest BCUT2D eigenvalue weighted by molar-refractivity contribution is -0.194. The zero-order chi connectivity index (χ0) is 25.6. The first-order chi connectivity index (χ1) is 16.1. The lowest BCUT2D eigenvalue weighted by Gasteiger charge is -2.47. The molecule has 1 fully saturated rings. The first-order valence-electron chi connectivity index (χ1n) is 10.1. The van der Waals surface area contributed by atoms with Crippen molar-refractivity contribution in [3.63, 3.8) is 0 Å². The van der Waals surface area contributed by atoms with Crippen LogP contribution < -0.4 is 0 Å². The minimum Gasteiger partial charge on any atom is -0.469 e. The van der Waals surface area contributed by atoms with Gasteiger partial charge in [0.05, 0.1) is 40.8 Å². The molecule has 1 aromatic rings. The second-order valence-electron chi connectivity index (χ2n) is 7.56. The molecule has 0 amide bonds. The van der Waals surface area contributed by atoms with E-state index in [1.165, 1.54) is 12.2 Å². The number of hydrogen-bond acceptors (Lipinski definition) is 10. The molecule has 0 aromatic heterocycles. The number of rotatable bonds is 7. The molecular formula is C23H25ClO10. The van der Waals surface area contributed by atoms with Gasteiger partial charge in [-0.2, -0.15) is 0 Å². The number of ketones is 1. The van der Waals surface area contributed by atoms with Gasteiger partial charge in [-0.1, -0.05) is 42.0 Å². The SMILES string of the molecule is COC(=O)C[C@]1(O)[C@@H](C(=O)OC)C(=O)[C@@H](C(=O)OC)[C@H](/C=C/c2ccccc2Cl)[C@H]1C(=O)OC. The molecule has 0 heterocycles. The van der Waals surface area contributed by atoms with Gasteiger partial charge in [0.15, 0.2) is 5.78 Å². The number of carbonyl (C=O) groups is 5. The molecule has 34 heavy (non-hydrogen) atoms. The van der Waals surface area contributed by atoms with Crippen LogP contribution in [-0.2, 0) is 42.9 Å². The predicted molar refractivity (Wildman–Crippen MR) is 117 cm³/mol. The fraction of sp³-hybridized carbons (Fsp3) is 0.435. The van der Waals surface area contributed by atoms with E-state index in [-0.39, 0.29) is 0 Å². The number of esters is 4. The lowest BCUT2D eigenvalue weighted by atomic mass is 9.57. The highest BCUT2D eigenvalue weighted by Gasteiger charge is 2.66. The Kier molecular flexibility index (Phi) is 8.94. The third-order valence-corrected chi connectivity index (χ3v) is 6.15. The summed E-state index contributed by atoms with van der Waals surface area (Å²) in [5.41, 5.74) is -2.15. The summed E-state index contributed by atoms with van der Waals surface area (Å²) in [5.74, 6) is -12.3. The fourth-order valence-electron chi connectivity index (χ4n) is 4.21. The molecule has 0 unspecified atom stereocenters. The normalized spacial score (nSPS) is 26.6. The molecule has 0 radical (unpaired) electrons. The molecule has 0 aliphatic heterocycles. The number of allylic oxidation sites excluding steroid dienone is 1. The molecule has 184 valence electrons. The van der Waals surface area contributed by atoms with Gasteiger partial charge in [-0.15, -0.1) is 0 Å². The summed E-state index contributed by atoms with van der Waals surface area (Å²) in [6, 6.07) is 6.62. The van der Waals surface area contributed by atoms with Crippen LogP contribution >= 0.6 is 11.6 Å². The van der Waals surface area contributed by atoms with E-state index >= 15 is 0 Å². The van der Waals surface area contributed by atoms with Crippen LogP contribution in [0.5, 0.6) is 0 Å². The molecule has 1 aromatic carbocycles. The number of aliphatic hydroxyl groups is 1. The van der Waals surface area contributed by atoms with Gasteiger partial charge in [0.2, 0.25) is 0 Å². The number of methoxy groups -OCH3 is 4. The van der Waals surface area contributed by atoms with E-state index < -0.39 is 65.4 Å². The molecule has 0 spiro atoms. The number of hydrogen-bond donors (Lipinski definition) is 1. The first kappa shape index (κ1) is 27.0. The Morgan fingerprint density at radius 3 is 2.09 bits per heavy atom. The van der Waals surface area contributed by atoms with E-state index in [2.05, 4.69) is 9.47 Å². The van der Waals surface area contributed by atoms with Gasteiger partial charge in [-0.25, -0.2) is 0 Å². The Labute approximate surface area is 200 Å². The van der Waals surface area contributed by atoms with E-state index in [1.54, 1.807) is 24.3 Å². The zero-order valence-electron chi connectivity index (χ0n) is 19.0. The van der Waals surface area contributed by atoms with Crippen molar-refractivity contribution in [2.45, 2.75) is 12.0 Å². The monoisotopic (exact) mass is 496 g/mol. The number of carbonyl (C=O) groups excluding carboxylic acids is 5. The van der Waals surface area contributed by atoms with Crippen molar-refractivity contribution >= 4 is 47.3 Å². The minimum atomic E-state index is -2.63. The summed E-state index contributed by atoms with van der Waals surface area (Å²) in [4.78, 5) is 63.9. The summed E-state index contributed by atoms with van der Waals surface area (Å²) < 4.78 is 18.9. The van der Waals surface area contributed by atoms with Crippen molar-refractivity contribution in [1.29, 1.82) is 0 Å². The summed E-state index contributed by atoms with van der Waals surface area (Å²) in [6.07, 6.45) is 1.83. The van der Waals surface area contributed by atoms with E-state index in [0.29, 0.717) is 10.6 Å².